The van der Waals surface area contributed by atoms with E-state index >= 15 is 0 Å². The second-order valence-electron chi connectivity index (χ2n) is 8.63. The molecule has 3 aromatic carbocycles. The van der Waals surface area contributed by atoms with E-state index in [1.807, 2.05) is 53.1 Å². The van der Waals surface area contributed by atoms with Gasteiger partial charge in [-0.3, -0.25) is 9.36 Å². The number of para-hydroxylation sites is 1. The average Bonchev–Trinajstić information content (AvgIpc) is 3.21. The molecule has 0 fully saturated rings. The zero-order chi connectivity index (χ0) is 23.9. The molecule has 1 aliphatic heterocycles. The lowest BCUT2D eigenvalue weighted by atomic mass is 9.83. The number of aromatic nitrogens is 1. The van der Waals surface area contributed by atoms with E-state index in [0.29, 0.717) is 9.33 Å². The van der Waals surface area contributed by atoms with Crippen LogP contribution in [0.3, 0.4) is 0 Å². The van der Waals surface area contributed by atoms with Crippen molar-refractivity contribution in [1.29, 1.82) is 0 Å². The molecule has 0 amide bonds. The molecule has 1 aromatic heterocycles. The minimum Gasteiger partial charge on any atom is -0.497 e. The highest BCUT2D eigenvalue weighted by molar-refractivity contribution is 7.07. The molecule has 0 unspecified atom stereocenters. The third kappa shape index (κ3) is 3.61. The Morgan fingerprint density at radius 3 is 2.66 bits per heavy atom. The van der Waals surface area contributed by atoms with Crippen LogP contribution in [0.5, 0.6) is 11.5 Å². The van der Waals surface area contributed by atoms with Gasteiger partial charge in [0, 0.05) is 11.1 Å². The van der Waals surface area contributed by atoms with Gasteiger partial charge in [0.1, 0.15) is 11.5 Å². The Morgan fingerprint density at radius 1 is 0.971 bits per heavy atom. The van der Waals surface area contributed by atoms with E-state index in [0.717, 1.165) is 52.3 Å². The summed E-state index contributed by atoms with van der Waals surface area (Å²) in [5, 5.41) is 0. The van der Waals surface area contributed by atoms with Crippen molar-refractivity contribution in [3.05, 3.63) is 120 Å². The summed E-state index contributed by atoms with van der Waals surface area (Å²) in [6, 6.07) is 23.9. The highest BCUT2D eigenvalue weighted by Crippen LogP contribution is 2.43. The van der Waals surface area contributed by atoms with Gasteiger partial charge >= 0.3 is 0 Å². The van der Waals surface area contributed by atoms with Crippen LogP contribution in [0.15, 0.2) is 88.2 Å². The van der Waals surface area contributed by atoms with Gasteiger partial charge in [0.15, 0.2) is 4.80 Å². The first-order chi connectivity index (χ1) is 17.2. The van der Waals surface area contributed by atoms with E-state index < -0.39 is 0 Å². The van der Waals surface area contributed by atoms with Gasteiger partial charge in [-0.25, -0.2) is 4.99 Å². The monoisotopic (exact) mass is 480 g/mol. The van der Waals surface area contributed by atoms with Crippen LogP contribution in [-0.2, 0) is 6.42 Å². The first-order valence-corrected chi connectivity index (χ1v) is 12.4. The lowest BCUT2D eigenvalue weighted by molar-refractivity contribution is 0.402. The molecule has 0 spiro atoms. The standard InChI is InChI=1S/C29H24N2O3S/c1-33-20-10-7-8-18(16-20)17-25-28(32)31-27(22-12-5-6-13-24(22)34-2)23-15-14-19-9-3-4-11-21(19)26(23)30-29(31)35-25/h3-13,16-17,27H,14-15H2,1-2H3/b25-17-/t27-/m1/s1. The normalized spacial score (nSPS) is 16.7. The van der Waals surface area contributed by atoms with Gasteiger partial charge in [0.25, 0.3) is 5.56 Å². The number of benzene rings is 3. The molecular formula is C29H24N2O3S. The molecule has 35 heavy (non-hydrogen) atoms. The predicted octanol–water partition coefficient (Wildman–Crippen LogP) is 4.34. The molecule has 174 valence electrons. The van der Waals surface area contributed by atoms with E-state index in [4.69, 9.17) is 14.5 Å². The number of hydrogen-bond donors (Lipinski definition) is 0. The minimum atomic E-state index is -0.266. The molecule has 6 heteroatoms. The van der Waals surface area contributed by atoms with Gasteiger partial charge in [-0.15, -0.1) is 0 Å². The molecule has 0 saturated heterocycles. The van der Waals surface area contributed by atoms with Crippen molar-refractivity contribution in [3.63, 3.8) is 0 Å². The van der Waals surface area contributed by atoms with Crippen LogP contribution in [-0.4, -0.2) is 18.8 Å². The Balaban J connectivity index is 1.63. The number of nitrogens with zero attached hydrogens (tertiary/aromatic N) is 2. The number of methoxy groups -OCH3 is 2. The van der Waals surface area contributed by atoms with Gasteiger partial charge in [-0.2, -0.15) is 0 Å². The lowest BCUT2D eigenvalue weighted by Crippen LogP contribution is -2.38. The van der Waals surface area contributed by atoms with Crippen LogP contribution < -0.4 is 24.4 Å². The molecule has 6 rings (SSSR count). The Hall–Kier alpha value is -3.90. The lowest BCUT2D eigenvalue weighted by Gasteiger charge is -2.31. The molecule has 0 bridgehead atoms. The maximum absolute atomic E-state index is 13.9. The maximum atomic E-state index is 13.9. The van der Waals surface area contributed by atoms with E-state index in [2.05, 4.69) is 30.3 Å². The Bertz CT molecular complexity index is 1660. The van der Waals surface area contributed by atoms with E-state index in [1.165, 1.54) is 16.9 Å². The third-order valence-electron chi connectivity index (χ3n) is 6.70. The van der Waals surface area contributed by atoms with E-state index in [1.54, 1.807) is 14.2 Å². The third-order valence-corrected chi connectivity index (χ3v) is 7.68. The van der Waals surface area contributed by atoms with Crippen molar-refractivity contribution in [2.24, 2.45) is 4.99 Å². The number of fused-ring (bicyclic) bond motifs is 3. The number of aryl methyl sites for hydroxylation is 1. The highest BCUT2D eigenvalue weighted by atomic mass is 32.1. The van der Waals surface area contributed by atoms with Crippen molar-refractivity contribution < 1.29 is 9.47 Å². The van der Waals surface area contributed by atoms with Crippen molar-refractivity contribution in [2.75, 3.05) is 14.2 Å². The zero-order valence-electron chi connectivity index (χ0n) is 19.5. The van der Waals surface area contributed by atoms with E-state index in [9.17, 15) is 4.79 Å². The SMILES string of the molecule is COc1cccc(/C=c2\sc3n(c2=O)[C@H](c2ccccc2OC)C2=C(N=3)c3ccccc3CC2)c1. The summed E-state index contributed by atoms with van der Waals surface area (Å²) < 4.78 is 13.6. The zero-order valence-corrected chi connectivity index (χ0v) is 20.3. The molecule has 1 aliphatic carbocycles. The van der Waals surface area contributed by atoms with Crippen LogP contribution in [0.25, 0.3) is 11.8 Å². The predicted molar refractivity (Wildman–Crippen MR) is 139 cm³/mol. The fourth-order valence-corrected chi connectivity index (χ4v) is 6.07. The summed E-state index contributed by atoms with van der Waals surface area (Å²) in [4.78, 5) is 19.6. The Kier molecular flexibility index (Phi) is 5.38. The quantitative estimate of drug-likeness (QED) is 0.437. The fraction of sp³-hybridized carbons (Fsp3) is 0.172. The van der Waals surface area contributed by atoms with E-state index in [-0.39, 0.29) is 11.6 Å². The topological polar surface area (TPSA) is 52.8 Å². The molecule has 1 atom stereocenters. The minimum absolute atomic E-state index is 0.0436. The molecule has 4 aromatic rings. The smallest absolute Gasteiger partial charge is 0.271 e. The van der Waals surface area contributed by atoms with Crippen LogP contribution in [0, 0.1) is 0 Å². The molecule has 2 aliphatic rings. The Morgan fingerprint density at radius 2 is 1.80 bits per heavy atom. The molecular weight excluding hydrogens is 456 g/mol. The van der Waals surface area contributed by atoms with Crippen LogP contribution in [0.4, 0.5) is 0 Å². The molecule has 0 saturated carbocycles. The summed E-state index contributed by atoms with van der Waals surface area (Å²) in [5.41, 5.74) is 6.44. The maximum Gasteiger partial charge on any atom is 0.271 e. The van der Waals surface area contributed by atoms with Gasteiger partial charge < -0.3 is 9.47 Å². The number of thiazole rings is 1. The summed E-state index contributed by atoms with van der Waals surface area (Å²) >= 11 is 1.42. The second kappa shape index (κ2) is 8.71. The van der Waals surface area contributed by atoms with Gasteiger partial charge in [0.2, 0.25) is 0 Å². The average molecular weight is 481 g/mol. The highest BCUT2D eigenvalue weighted by Gasteiger charge is 2.33. The van der Waals surface area contributed by atoms with Crippen molar-refractivity contribution in [1.82, 2.24) is 4.57 Å². The second-order valence-corrected chi connectivity index (χ2v) is 9.64. The van der Waals surface area contributed by atoms with Crippen molar-refractivity contribution >= 4 is 23.1 Å². The number of allylic oxidation sites excluding steroid dienone is 1. The van der Waals surface area contributed by atoms with Crippen LogP contribution in [0.2, 0.25) is 0 Å². The van der Waals surface area contributed by atoms with Gasteiger partial charge in [-0.05, 0) is 53.8 Å². The van der Waals surface area contributed by atoms with Gasteiger partial charge in [0.05, 0.1) is 30.5 Å². The first kappa shape index (κ1) is 21.6. The summed E-state index contributed by atoms with van der Waals surface area (Å²) in [5.74, 6) is 1.53. The van der Waals surface area contributed by atoms with Crippen molar-refractivity contribution in [3.8, 4) is 11.5 Å². The molecule has 0 radical (unpaired) electrons. The molecule has 2 heterocycles. The van der Waals surface area contributed by atoms with Crippen LogP contribution >= 0.6 is 11.3 Å². The molecule has 0 N–H and O–H groups in total. The fourth-order valence-electron chi connectivity index (χ4n) is 5.07. The Labute approximate surface area is 206 Å². The summed E-state index contributed by atoms with van der Waals surface area (Å²) in [6.07, 6.45) is 3.69. The van der Waals surface area contributed by atoms with Crippen LogP contribution in [0.1, 0.15) is 34.7 Å². The van der Waals surface area contributed by atoms with Crippen molar-refractivity contribution in [2.45, 2.75) is 18.9 Å². The summed E-state index contributed by atoms with van der Waals surface area (Å²) in [6.45, 7) is 0. The molecule has 5 nitrogen and oxygen atoms in total. The first-order valence-electron chi connectivity index (χ1n) is 11.6. The number of hydrogen-bond acceptors (Lipinski definition) is 5. The van der Waals surface area contributed by atoms with Gasteiger partial charge in [-0.1, -0.05) is 65.9 Å². The largest absolute Gasteiger partial charge is 0.497 e. The number of ether oxygens (including phenoxy) is 2. The summed E-state index contributed by atoms with van der Waals surface area (Å²) in [7, 11) is 3.32. The number of rotatable bonds is 4.